The number of hydrazone groups is 1. The Morgan fingerprint density at radius 2 is 2.15 bits per heavy atom. The van der Waals surface area contributed by atoms with Crippen LogP contribution in [0.1, 0.15) is 23.1 Å². The summed E-state index contributed by atoms with van der Waals surface area (Å²) in [5.41, 5.74) is 1.70. The molecule has 0 radical (unpaired) electrons. The minimum atomic E-state index is -0.248. The monoisotopic (exact) mass is 497 g/mol. The summed E-state index contributed by atoms with van der Waals surface area (Å²) in [6.07, 6.45) is 2.24. The number of benzene rings is 1. The van der Waals surface area contributed by atoms with E-state index >= 15 is 0 Å². The van der Waals surface area contributed by atoms with Gasteiger partial charge in [-0.25, -0.2) is 5.01 Å². The van der Waals surface area contributed by atoms with Crippen molar-refractivity contribution in [2.45, 2.75) is 16.8 Å². The molecule has 1 N–H and O–H groups in total. The van der Waals surface area contributed by atoms with E-state index in [1.165, 1.54) is 28.1 Å². The first kappa shape index (κ1) is 21.7. The van der Waals surface area contributed by atoms with E-state index in [0.717, 1.165) is 27.8 Å². The van der Waals surface area contributed by atoms with Crippen molar-refractivity contribution in [2.75, 3.05) is 18.2 Å². The highest BCUT2D eigenvalue weighted by Gasteiger charge is 2.35. The van der Waals surface area contributed by atoms with Gasteiger partial charge in [0.25, 0.3) is 5.91 Å². The lowest BCUT2D eigenvalue weighted by Crippen LogP contribution is -2.28. The van der Waals surface area contributed by atoms with Crippen LogP contribution in [0.5, 0.6) is 5.75 Å². The summed E-state index contributed by atoms with van der Waals surface area (Å²) in [5.74, 6) is 1.53. The largest absolute Gasteiger partial charge is 0.495 e. The third-order valence-corrected chi connectivity index (χ3v) is 7.79. The van der Waals surface area contributed by atoms with Gasteiger partial charge < -0.3 is 14.5 Å². The fourth-order valence-corrected chi connectivity index (χ4v) is 5.74. The van der Waals surface area contributed by atoms with Gasteiger partial charge in [0.1, 0.15) is 17.6 Å². The van der Waals surface area contributed by atoms with Crippen molar-refractivity contribution < 1.29 is 13.9 Å². The Labute approximate surface area is 202 Å². The molecule has 1 aliphatic rings. The molecule has 8 nitrogen and oxygen atoms in total. The van der Waals surface area contributed by atoms with Crippen LogP contribution >= 0.6 is 34.4 Å². The van der Waals surface area contributed by atoms with Gasteiger partial charge in [-0.05, 0) is 35.7 Å². The van der Waals surface area contributed by atoms with Gasteiger partial charge in [-0.3, -0.25) is 4.79 Å². The number of para-hydroxylation sites is 2. The number of amides is 1. The molecule has 4 heterocycles. The van der Waals surface area contributed by atoms with Crippen molar-refractivity contribution in [1.29, 1.82) is 0 Å². The lowest BCUT2D eigenvalue weighted by Gasteiger charge is -2.19. The van der Waals surface area contributed by atoms with Gasteiger partial charge in [0.15, 0.2) is 4.34 Å². The number of nitrogens with one attached hydrogen (secondary N) is 1. The third kappa shape index (κ3) is 4.80. The molecule has 1 amide bonds. The van der Waals surface area contributed by atoms with Crippen LogP contribution in [0.15, 0.2) is 74.0 Å². The highest BCUT2D eigenvalue weighted by atomic mass is 32.2. The third-order valence-electron chi connectivity index (χ3n) is 4.92. The lowest BCUT2D eigenvalue weighted by atomic mass is 10.1. The number of nitrogens with zero attached hydrogens (tertiary/aromatic N) is 4. The van der Waals surface area contributed by atoms with Crippen molar-refractivity contribution in [2.24, 2.45) is 5.10 Å². The standard InChI is InChI=1S/C22H19N5O3S3/c1-29-17-7-3-2-6-14(17)23-21-24-25-22(33-21)32-13-20(28)27-16(18-8-4-10-30-18)12-15(26-27)19-9-5-11-31-19/h2-11,16H,12-13H2,1H3,(H,23,24). The maximum absolute atomic E-state index is 13.1. The molecule has 0 fully saturated rings. The number of thioether (sulfide) groups is 1. The van der Waals surface area contributed by atoms with Gasteiger partial charge >= 0.3 is 0 Å². The number of carbonyl (C=O) groups is 1. The van der Waals surface area contributed by atoms with Crippen molar-refractivity contribution >= 4 is 56.9 Å². The van der Waals surface area contributed by atoms with E-state index in [1.54, 1.807) is 24.7 Å². The first-order chi connectivity index (χ1) is 16.2. The van der Waals surface area contributed by atoms with Crippen LogP contribution in [0.2, 0.25) is 0 Å². The molecule has 0 bridgehead atoms. The average Bonchev–Trinajstić information content (AvgIpc) is 3.63. The van der Waals surface area contributed by atoms with E-state index in [2.05, 4.69) is 20.6 Å². The van der Waals surface area contributed by atoms with Gasteiger partial charge in [0.2, 0.25) is 5.13 Å². The second kappa shape index (κ2) is 9.77. The number of thiophene rings is 1. The number of ether oxygens (including phenoxy) is 1. The predicted molar refractivity (Wildman–Crippen MR) is 131 cm³/mol. The first-order valence-electron chi connectivity index (χ1n) is 10.0. The fraction of sp³-hybridized carbons (Fsp3) is 0.182. The summed E-state index contributed by atoms with van der Waals surface area (Å²) in [7, 11) is 1.62. The quantitative estimate of drug-likeness (QED) is 0.325. The smallest absolute Gasteiger partial charge is 0.253 e. The number of hydrogen-bond acceptors (Lipinski definition) is 10. The Morgan fingerprint density at radius 3 is 2.94 bits per heavy atom. The van der Waals surface area contributed by atoms with E-state index in [4.69, 9.17) is 9.15 Å². The zero-order valence-corrected chi connectivity index (χ0v) is 20.0. The van der Waals surface area contributed by atoms with Crippen LogP contribution in [0.3, 0.4) is 0 Å². The first-order valence-corrected chi connectivity index (χ1v) is 12.7. The van der Waals surface area contributed by atoms with E-state index in [0.29, 0.717) is 15.9 Å². The van der Waals surface area contributed by atoms with Gasteiger partial charge in [-0.2, -0.15) is 5.10 Å². The molecular formula is C22H19N5O3S3. The molecule has 11 heteroatoms. The number of furan rings is 1. The summed E-state index contributed by atoms with van der Waals surface area (Å²) in [6.45, 7) is 0. The van der Waals surface area contributed by atoms with E-state index in [1.807, 2.05) is 53.9 Å². The molecule has 0 saturated carbocycles. The molecule has 5 rings (SSSR count). The van der Waals surface area contributed by atoms with Gasteiger partial charge in [-0.15, -0.1) is 21.5 Å². The summed E-state index contributed by atoms with van der Waals surface area (Å²) in [6, 6.07) is 15.0. The molecule has 4 aromatic rings. The van der Waals surface area contributed by atoms with Crippen molar-refractivity contribution in [3.8, 4) is 5.75 Å². The molecule has 1 unspecified atom stereocenters. The molecular weight excluding hydrogens is 478 g/mol. The van der Waals surface area contributed by atoms with Crippen LogP contribution in [0, 0.1) is 0 Å². The van der Waals surface area contributed by atoms with Crippen molar-refractivity contribution in [3.63, 3.8) is 0 Å². The topological polar surface area (TPSA) is 92.8 Å². The van der Waals surface area contributed by atoms with Crippen LogP contribution in [-0.2, 0) is 4.79 Å². The summed E-state index contributed by atoms with van der Waals surface area (Å²) in [4.78, 5) is 14.2. The van der Waals surface area contributed by atoms with Crippen LogP contribution < -0.4 is 10.1 Å². The Kier molecular flexibility index (Phi) is 6.42. The van der Waals surface area contributed by atoms with Gasteiger partial charge in [-0.1, -0.05) is 41.3 Å². The average molecular weight is 498 g/mol. The second-order valence-corrected chi connectivity index (χ2v) is 10.1. The number of hydrogen-bond donors (Lipinski definition) is 1. The SMILES string of the molecule is COc1ccccc1Nc1nnc(SCC(=O)N2N=C(c3cccs3)CC2c2ccco2)s1. The Hall–Kier alpha value is -3.15. The van der Waals surface area contributed by atoms with Crippen molar-refractivity contribution in [3.05, 3.63) is 70.8 Å². The maximum atomic E-state index is 13.1. The maximum Gasteiger partial charge on any atom is 0.253 e. The van der Waals surface area contributed by atoms with Gasteiger partial charge in [0.05, 0.1) is 35.4 Å². The van der Waals surface area contributed by atoms with E-state index < -0.39 is 0 Å². The zero-order chi connectivity index (χ0) is 22.6. The summed E-state index contributed by atoms with van der Waals surface area (Å²) < 4.78 is 11.6. The predicted octanol–water partition coefficient (Wildman–Crippen LogP) is 5.41. The molecule has 1 aliphatic heterocycles. The Bertz CT molecular complexity index is 1250. The van der Waals surface area contributed by atoms with Crippen molar-refractivity contribution in [1.82, 2.24) is 15.2 Å². The zero-order valence-electron chi connectivity index (χ0n) is 17.5. The fourth-order valence-electron chi connectivity index (χ4n) is 3.41. The minimum absolute atomic E-state index is 0.109. The minimum Gasteiger partial charge on any atom is -0.495 e. The molecule has 1 aromatic carbocycles. The molecule has 168 valence electrons. The number of rotatable bonds is 8. The van der Waals surface area contributed by atoms with E-state index in [-0.39, 0.29) is 17.7 Å². The Balaban J connectivity index is 1.26. The highest BCUT2D eigenvalue weighted by Crippen LogP contribution is 2.36. The second-order valence-electron chi connectivity index (χ2n) is 6.98. The van der Waals surface area contributed by atoms with Crippen LogP contribution in [-0.4, -0.2) is 39.7 Å². The molecule has 0 saturated heterocycles. The number of carbonyl (C=O) groups excluding carboxylic acids is 1. The van der Waals surface area contributed by atoms with Gasteiger partial charge in [0, 0.05) is 6.42 Å². The highest BCUT2D eigenvalue weighted by molar-refractivity contribution is 8.01. The normalized spacial score (nSPS) is 15.5. The number of methoxy groups -OCH3 is 1. The summed E-state index contributed by atoms with van der Waals surface area (Å²) >= 11 is 4.33. The molecule has 0 spiro atoms. The molecule has 33 heavy (non-hydrogen) atoms. The molecule has 0 aliphatic carbocycles. The molecule has 3 aromatic heterocycles. The van der Waals surface area contributed by atoms with E-state index in [9.17, 15) is 4.79 Å². The number of aromatic nitrogens is 2. The van der Waals surface area contributed by atoms with Crippen LogP contribution in [0.25, 0.3) is 0 Å². The van der Waals surface area contributed by atoms with Crippen LogP contribution in [0.4, 0.5) is 10.8 Å². The summed E-state index contributed by atoms with van der Waals surface area (Å²) in [5, 5.41) is 20.4. The lowest BCUT2D eigenvalue weighted by molar-refractivity contribution is -0.130. The molecule has 1 atom stereocenters. The Morgan fingerprint density at radius 1 is 1.24 bits per heavy atom. The number of anilines is 2.